The van der Waals surface area contributed by atoms with Gasteiger partial charge in [-0.15, -0.1) is 6.58 Å². The van der Waals surface area contributed by atoms with E-state index in [-0.39, 0.29) is 4.90 Å². The van der Waals surface area contributed by atoms with Crippen LogP contribution in [0.2, 0.25) is 0 Å². The summed E-state index contributed by atoms with van der Waals surface area (Å²) in [5, 5.41) is 8.97. The average Bonchev–Trinajstić information content (AvgIpc) is 2.64. The minimum atomic E-state index is -3.78. The Bertz CT molecular complexity index is 949. The molecule has 27 heavy (non-hydrogen) atoms. The average molecular weight is 385 g/mol. The van der Waals surface area contributed by atoms with E-state index in [1.165, 1.54) is 11.1 Å². The summed E-state index contributed by atoms with van der Waals surface area (Å²) in [6.45, 7) is 8.77. The Morgan fingerprint density at radius 1 is 1.22 bits per heavy atom. The van der Waals surface area contributed by atoms with Crippen LogP contribution >= 0.6 is 0 Å². The van der Waals surface area contributed by atoms with Crippen LogP contribution in [0.4, 0.5) is 0 Å². The molecule has 0 spiro atoms. The van der Waals surface area contributed by atoms with Gasteiger partial charge in [0, 0.05) is 18.2 Å². The highest BCUT2D eigenvalue weighted by molar-refractivity contribution is 7.89. The Kier molecular flexibility index (Phi) is 5.84. The fraction of sp³-hybridized carbons (Fsp3) is 0.364. The molecule has 0 heterocycles. The quantitative estimate of drug-likeness (QED) is 0.745. The Morgan fingerprint density at radius 3 is 2.67 bits per heavy atom. The second-order valence-electron chi connectivity index (χ2n) is 7.58. The second kappa shape index (κ2) is 7.97. The van der Waals surface area contributed by atoms with Crippen LogP contribution < -0.4 is 10.5 Å². The van der Waals surface area contributed by atoms with Gasteiger partial charge in [-0.25, -0.2) is 13.6 Å². The molecule has 3 rings (SSSR count). The Morgan fingerprint density at radius 2 is 2.00 bits per heavy atom. The third-order valence-electron chi connectivity index (χ3n) is 5.27. The molecule has 0 radical (unpaired) electrons. The van der Waals surface area contributed by atoms with Gasteiger partial charge in [0.25, 0.3) is 0 Å². The predicted molar refractivity (Wildman–Crippen MR) is 111 cm³/mol. The van der Waals surface area contributed by atoms with Gasteiger partial charge in [0.05, 0.1) is 4.90 Å². The van der Waals surface area contributed by atoms with Crippen LogP contribution in [0.25, 0.3) is 11.1 Å². The van der Waals surface area contributed by atoms with E-state index in [1.54, 1.807) is 6.07 Å². The van der Waals surface area contributed by atoms with Crippen molar-refractivity contribution in [3.63, 3.8) is 0 Å². The van der Waals surface area contributed by atoms with Crippen molar-refractivity contribution in [1.82, 2.24) is 5.32 Å². The van der Waals surface area contributed by atoms with Gasteiger partial charge in [0.2, 0.25) is 10.0 Å². The molecular formula is C22H28N2O2S. The maximum absolute atomic E-state index is 12.1. The third-order valence-corrected chi connectivity index (χ3v) is 6.24. The van der Waals surface area contributed by atoms with E-state index >= 15 is 0 Å². The first-order valence-electron chi connectivity index (χ1n) is 9.42. The molecule has 0 unspecified atom stereocenters. The zero-order valence-corrected chi connectivity index (χ0v) is 16.9. The smallest absolute Gasteiger partial charge is 0.238 e. The van der Waals surface area contributed by atoms with E-state index in [0.717, 1.165) is 36.9 Å². The zero-order chi connectivity index (χ0) is 19.6. The molecule has 3 N–H and O–H groups in total. The fourth-order valence-corrected chi connectivity index (χ4v) is 4.47. The first-order valence-corrected chi connectivity index (χ1v) is 11.0. The number of nitrogens with one attached hydrogen (secondary N) is 1. The van der Waals surface area contributed by atoms with Crippen molar-refractivity contribution in [2.45, 2.75) is 50.0 Å². The normalized spacial score (nSPS) is 17.0. The minimum absolute atomic E-state index is 0.188. The summed E-state index contributed by atoms with van der Waals surface area (Å²) in [6.07, 6.45) is 4.91. The van der Waals surface area contributed by atoms with Crippen molar-refractivity contribution in [2.24, 2.45) is 5.14 Å². The second-order valence-corrected chi connectivity index (χ2v) is 9.11. The molecular weight excluding hydrogens is 356 g/mol. The molecule has 0 saturated carbocycles. The summed E-state index contributed by atoms with van der Waals surface area (Å²) in [5.41, 5.74) is 5.32. The van der Waals surface area contributed by atoms with Crippen LogP contribution in [0.15, 0.2) is 53.9 Å². The zero-order valence-electron chi connectivity index (χ0n) is 16.0. The molecule has 0 bridgehead atoms. The van der Waals surface area contributed by atoms with Crippen molar-refractivity contribution < 1.29 is 8.42 Å². The van der Waals surface area contributed by atoms with Crippen LogP contribution in [-0.2, 0) is 22.9 Å². The van der Waals surface area contributed by atoms with E-state index < -0.39 is 10.0 Å². The molecule has 144 valence electrons. The number of rotatable bonds is 6. The highest BCUT2D eigenvalue weighted by Gasteiger charge is 2.21. The predicted octanol–water partition coefficient (Wildman–Crippen LogP) is 3.76. The Balaban J connectivity index is 2.00. The van der Waals surface area contributed by atoms with Crippen LogP contribution in [-0.4, -0.2) is 21.0 Å². The first kappa shape index (κ1) is 19.8. The van der Waals surface area contributed by atoms with Gasteiger partial charge >= 0.3 is 0 Å². The molecule has 2 aromatic rings. The largest absolute Gasteiger partial charge is 0.310 e. The summed E-state index contributed by atoms with van der Waals surface area (Å²) in [7, 11) is -3.78. The number of hydrogen-bond acceptors (Lipinski definition) is 3. The Hall–Kier alpha value is -1.95. The fourth-order valence-electron chi connectivity index (χ4n) is 3.73. The number of hydrogen-bond donors (Lipinski definition) is 2. The standard InChI is InChI=1S/C22H28N2O2S/c1-4-11-24-20-9-7-17-12-19(6-5-18(17)13-20)21-14-16(15(2)3)8-10-22(21)27(23,25)26/h4-6,8,10,12,14-15,20,24H,1,7,9,11,13H2,2-3H3,(H2,23,25,26)/t20-/m0/s1. The minimum Gasteiger partial charge on any atom is -0.310 e. The molecule has 1 aliphatic rings. The van der Waals surface area contributed by atoms with E-state index in [4.69, 9.17) is 5.14 Å². The van der Waals surface area contributed by atoms with Crippen LogP contribution in [0.1, 0.15) is 42.9 Å². The molecule has 1 aliphatic carbocycles. The number of sulfonamides is 1. The summed E-state index contributed by atoms with van der Waals surface area (Å²) in [4.78, 5) is 0.188. The van der Waals surface area contributed by atoms with Gasteiger partial charge in [0.15, 0.2) is 0 Å². The van der Waals surface area contributed by atoms with E-state index in [0.29, 0.717) is 17.5 Å². The lowest BCUT2D eigenvalue weighted by molar-refractivity contribution is 0.480. The number of aryl methyl sites for hydroxylation is 1. The molecule has 0 aliphatic heterocycles. The molecule has 0 fully saturated rings. The molecule has 5 heteroatoms. The topological polar surface area (TPSA) is 72.2 Å². The van der Waals surface area contributed by atoms with Gasteiger partial charge in [-0.2, -0.15) is 0 Å². The van der Waals surface area contributed by atoms with Crippen molar-refractivity contribution in [3.8, 4) is 11.1 Å². The monoisotopic (exact) mass is 384 g/mol. The maximum Gasteiger partial charge on any atom is 0.238 e. The maximum atomic E-state index is 12.1. The van der Waals surface area contributed by atoms with E-state index in [2.05, 4.69) is 37.9 Å². The summed E-state index contributed by atoms with van der Waals surface area (Å²) in [5.74, 6) is 0.313. The third kappa shape index (κ3) is 4.49. The van der Waals surface area contributed by atoms with Crippen LogP contribution in [0.3, 0.4) is 0 Å². The summed E-state index contributed by atoms with van der Waals surface area (Å²) in [6, 6.07) is 12.2. The molecule has 4 nitrogen and oxygen atoms in total. The van der Waals surface area contributed by atoms with Crippen molar-refractivity contribution >= 4 is 10.0 Å². The first-order chi connectivity index (χ1) is 12.8. The number of nitrogens with two attached hydrogens (primary N) is 1. The van der Waals surface area contributed by atoms with Gasteiger partial charge in [-0.05, 0) is 59.6 Å². The number of primary sulfonamides is 1. The van der Waals surface area contributed by atoms with Crippen LogP contribution in [0.5, 0.6) is 0 Å². The van der Waals surface area contributed by atoms with Crippen molar-refractivity contribution in [1.29, 1.82) is 0 Å². The van der Waals surface area contributed by atoms with Gasteiger partial charge < -0.3 is 5.32 Å². The Labute approximate surface area is 162 Å². The van der Waals surface area contributed by atoms with Crippen molar-refractivity contribution in [3.05, 3.63) is 65.7 Å². The SMILES string of the molecule is C=CCN[C@H]1CCc2cc(-c3cc(C(C)C)ccc3S(N)(=O)=O)ccc2C1. The highest BCUT2D eigenvalue weighted by atomic mass is 32.2. The molecule has 0 amide bonds. The molecule has 0 saturated heterocycles. The van der Waals surface area contributed by atoms with Gasteiger partial charge in [-0.3, -0.25) is 0 Å². The van der Waals surface area contributed by atoms with Crippen molar-refractivity contribution in [2.75, 3.05) is 6.54 Å². The number of fused-ring (bicyclic) bond motifs is 1. The summed E-state index contributed by atoms with van der Waals surface area (Å²) < 4.78 is 24.2. The number of benzene rings is 2. The molecule has 0 aromatic heterocycles. The lowest BCUT2D eigenvalue weighted by Gasteiger charge is -2.26. The van der Waals surface area contributed by atoms with Gasteiger partial charge in [-0.1, -0.05) is 44.2 Å². The van der Waals surface area contributed by atoms with Gasteiger partial charge in [0.1, 0.15) is 0 Å². The van der Waals surface area contributed by atoms with Crippen LogP contribution in [0, 0.1) is 0 Å². The van der Waals surface area contributed by atoms with E-state index in [1.807, 2.05) is 24.3 Å². The molecule has 2 aromatic carbocycles. The lowest BCUT2D eigenvalue weighted by Crippen LogP contribution is -2.34. The summed E-state index contributed by atoms with van der Waals surface area (Å²) >= 11 is 0. The van der Waals surface area contributed by atoms with E-state index in [9.17, 15) is 8.42 Å². The molecule has 1 atom stereocenters. The highest BCUT2D eigenvalue weighted by Crippen LogP contribution is 2.33. The lowest BCUT2D eigenvalue weighted by atomic mass is 9.86.